The third-order valence-electron chi connectivity index (χ3n) is 5.08. The molecule has 0 radical (unpaired) electrons. The van der Waals surface area contributed by atoms with E-state index in [1.54, 1.807) is 23.1 Å². The molecule has 1 aliphatic heterocycles. The number of nitrogens with one attached hydrogen (secondary N) is 2. The Bertz CT molecular complexity index is 873. The molecule has 1 saturated heterocycles. The van der Waals surface area contributed by atoms with Gasteiger partial charge < -0.3 is 15.1 Å². The van der Waals surface area contributed by atoms with Crippen molar-refractivity contribution < 1.29 is 14.5 Å². The van der Waals surface area contributed by atoms with Gasteiger partial charge in [0.25, 0.3) is 11.8 Å². The molecule has 2 aromatic carbocycles. The quantitative estimate of drug-likeness (QED) is 0.798. The number of nitrogens with zero attached hydrogens (tertiary/aromatic N) is 1. The molecule has 2 amide bonds. The smallest absolute Gasteiger partial charge is 0.279 e. The molecule has 1 aliphatic rings. The number of quaternary nitrogens is 1. The van der Waals surface area contributed by atoms with E-state index in [1.807, 2.05) is 32.0 Å². The predicted octanol–water partition coefficient (Wildman–Crippen LogP) is 2.59. The van der Waals surface area contributed by atoms with Crippen molar-refractivity contribution in [3.63, 3.8) is 0 Å². The molecule has 0 spiro atoms. The lowest BCUT2D eigenvalue weighted by Gasteiger charge is -2.32. The lowest BCUT2D eigenvalue weighted by atomic mass is 10.1. The maximum Gasteiger partial charge on any atom is 0.279 e. The second-order valence-electron chi connectivity index (χ2n) is 7.16. The van der Waals surface area contributed by atoms with Crippen LogP contribution in [0.1, 0.15) is 21.5 Å². The first-order valence-electron chi connectivity index (χ1n) is 9.29. The Kier molecular flexibility index (Phi) is 6.60. The highest BCUT2D eigenvalue weighted by Crippen LogP contribution is 2.23. The van der Waals surface area contributed by atoms with Crippen molar-refractivity contribution in [3.8, 4) is 0 Å². The minimum atomic E-state index is -0.0578. The molecule has 7 heteroatoms. The van der Waals surface area contributed by atoms with Crippen LogP contribution in [0.5, 0.6) is 0 Å². The average molecular weight is 421 g/mol. The van der Waals surface area contributed by atoms with E-state index >= 15 is 0 Å². The van der Waals surface area contributed by atoms with Gasteiger partial charge in [-0.25, -0.2) is 0 Å². The Morgan fingerprint density at radius 3 is 2.29 bits per heavy atom. The maximum absolute atomic E-state index is 12.6. The number of benzene rings is 2. The molecule has 28 heavy (non-hydrogen) atoms. The van der Waals surface area contributed by atoms with Crippen molar-refractivity contribution in [3.05, 3.63) is 63.1 Å². The molecule has 1 heterocycles. The largest absolute Gasteiger partial charge is 0.327 e. The second kappa shape index (κ2) is 8.95. The fourth-order valence-electron chi connectivity index (χ4n) is 3.44. The normalized spacial score (nSPS) is 14.8. The summed E-state index contributed by atoms with van der Waals surface area (Å²) in [5.74, 6) is -0.0609. The van der Waals surface area contributed by atoms with Crippen molar-refractivity contribution in [1.29, 1.82) is 0 Å². The number of rotatable bonds is 4. The van der Waals surface area contributed by atoms with Gasteiger partial charge >= 0.3 is 0 Å². The molecule has 5 nitrogen and oxygen atoms in total. The first-order chi connectivity index (χ1) is 13.3. The van der Waals surface area contributed by atoms with E-state index in [1.165, 1.54) is 4.90 Å². The van der Waals surface area contributed by atoms with Crippen LogP contribution in [-0.4, -0.2) is 49.4 Å². The Labute approximate surface area is 175 Å². The third-order valence-corrected chi connectivity index (χ3v) is 5.82. The first-order valence-corrected chi connectivity index (χ1v) is 10.0. The van der Waals surface area contributed by atoms with Gasteiger partial charge in [0.2, 0.25) is 0 Å². The molecule has 2 aromatic rings. The number of amides is 2. The van der Waals surface area contributed by atoms with Crippen molar-refractivity contribution in [1.82, 2.24) is 4.90 Å². The minimum Gasteiger partial charge on any atom is -0.327 e. The summed E-state index contributed by atoms with van der Waals surface area (Å²) in [7, 11) is 0. The fourth-order valence-corrected chi connectivity index (χ4v) is 3.73. The van der Waals surface area contributed by atoms with Gasteiger partial charge in [0, 0.05) is 11.3 Å². The van der Waals surface area contributed by atoms with E-state index < -0.39 is 0 Å². The summed E-state index contributed by atoms with van der Waals surface area (Å²) in [6, 6.07) is 10.9. The van der Waals surface area contributed by atoms with Crippen LogP contribution in [0, 0.1) is 13.8 Å². The molecule has 0 aromatic heterocycles. The van der Waals surface area contributed by atoms with E-state index in [0.717, 1.165) is 29.9 Å². The van der Waals surface area contributed by atoms with E-state index in [0.29, 0.717) is 35.2 Å². The highest BCUT2D eigenvalue weighted by atomic mass is 35.5. The van der Waals surface area contributed by atoms with Crippen LogP contribution >= 0.6 is 23.2 Å². The predicted molar refractivity (Wildman–Crippen MR) is 112 cm³/mol. The molecule has 0 atom stereocenters. The Balaban J connectivity index is 1.53. The Hall–Kier alpha value is -2.08. The topological polar surface area (TPSA) is 53.9 Å². The fraction of sp³-hybridized carbons (Fsp3) is 0.333. The molecule has 148 valence electrons. The van der Waals surface area contributed by atoms with Crippen molar-refractivity contribution >= 4 is 40.7 Å². The van der Waals surface area contributed by atoms with Crippen LogP contribution in [0.25, 0.3) is 0 Å². The van der Waals surface area contributed by atoms with Gasteiger partial charge in [0.05, 0.1) is 36.2 Å². The number of anilines is 1. The zero-order valence-electron chi connectivity index (χ0n) is 16.0. The van der Waals surface area contributed by atoms with Gasteiger partial charge in [-0.2, -0.15) is 0 Å². The Morgan fingerprint density at radius 1 is 1.04 bits per heavy atom. The van der Waals surface area contributed by atoms with Gasteiger partial charge in [-0.15, -0.1) is 0 Å². The summed E-state index contributed by atoms with van der Waals surface area (Å²) in [5, 5.41) is 3.84. The van der Waals surface area contributed by atoms with Crippen molar-refractivity contribution in [2.24, 2.45) is 0 Å². The van der Waals surface area contributed by atoms with Crippen LogP contribution in [0.2, 0.25) is 10.0 Å². The molecule has 2 N–H and O–H groups in total. The maximum atomic E-state index is 12.6. The molecule has 3 rings (SSSR count). The summed E-state index contributed by atoms with van der Waals surface area (Å²) in [6.07, 6.45) is 0. The summed E-state index contributed by atoms with van der Waals surface area (Å²) < 4.78 is 0. The number of para-hydroxylation sites is 1. The van der Waals surface area contributed by atoms with Gasteiger partial charge in [-0.05, 0) is 43.2 Å². The third kappa shape index (κ3) is 4.85. The van der Waals surface area contributed by atoms with Crippen LogP contribution in [0.3, 0.4) is 0 Å². The van der Waals surface area contributed by atoms with Gasteiger partial charge in [0.1, 0.15) is 0 Å². The lowest BCUT2D eigenvalue weighted by molar-refractivity contribution is -0.895. The SMILES string of the molecule is Cc1cccc(C)c1NC(=O)C[NH+]1CCN(C(=O)c2ccc(Cl)c(Cl)c2)CC1. The van der Waals surface area contributed by atoms with Crippen LogP contribution in [-0.2, 0) is 4.79 Å². The first kappa shape index (κ1) is 20.6. The van der Waals surface area contributed by atoms with E-state index in [-0.39, 0.29) is 11.8 Å². The Morgan fingerprint density at radius 2 is 1.68 bits per heavy atom. The molecule has 0 aliphatic carbocycles. The van der Waals surface area contributed by atoms with Gasteiger partial charge in [0.15, 0.2) is 6.54 Å². The van der Waals surface area contributed by atoms with Crippen LogP contribution < -0.4 is 10.2 Å². The monoisotopic (exact) mass is 420 g/mol. The molecular weight excluding hydrogens is 397 g/mol. The summed E-state index contributed by atoms with van der Waals surface area (Å²) >= 11 is 11.9. The van der Waals surface area contributed by atoms with Crippen LogP contribution in [0.15, 0.2) is 36.4 Å². The average Bonchev–Trinajstić information content (AvgIpc) is 2.67. The summed E-state index contributed by atoms with van der Waals surface area (Å²) in [4.78, 5) is 28.1. The van der Waals surface area contributed by atoms with E-state index in [9.17, 15) is 9.59 Å². The highest BCUT2D eigenvalue weighted by molar-refractivity contribution is 6.42. The minimum absolute atomic E-state index is 0.00309. The molecule has 0 saturated carbocycles. The number of carbonyl (C=O) groups excluding carboxylic acids is 2. The zero-order valence-corrected chi connectivity index (χ0v) is 17.5. The van der Waals surface area contributed by atoms with Gasteiger partial charge in [-0.3, -0.25) is 9.59 Å². The van der Waals surface area contributed by atoms with Crippen LogP contribution in [0.4, 0.5) is 5.69 Å². The zero-order chi connectivity index (χ0) is 20.3. The second-order valence-corrected chi connectivity index (χ2v) is 7.98. The number of aryl methyl sites for hydroxylation is 2. The molecular formula is C21H24Cl2N3O2+. The van der Waals surface area contributed by atoms with Gasteiger partial charge in [-0.1, -0.05) is 41.4 Å². The van der Waals surface area contributed by atoms with Crippen molar-refractivity contribution in [2.45, 2.75) is 13.8 Å². The summed E-state index contributed by atoms with van der Waals surface area (Å²) in [6.45, 7) is 7.03. The number of hydrogen-bond acceptors (Lipinski definition) is 2. The molecule has 0 bridgehead atoms. The number of hydrogen-bond donors (Lipinski definition) is 2. The molecule has 0 unspecified atom stereocenters. The lowest BCUT2D eigenvalue weighted by Crippen LogP contribution is -3.15. The molecule has 1 fully saturated rings. The number of piperazine rings is 1. The standard InChI is InChI=1S/C21H23Cl2N3O2/c1-14-4-3-5-15(2)20(14)24-19(27)13-25-8-10-26(11-9-25)21(28)16-6-7-17(22)18(23)12-16/h3-7,12H,8-11,13H2,1-2H3,(H,24,27)/p+1. The van der Waals surface area contributed by atoms with E-state index in [4.69, 9.17) is 23.2 Å². The number of halogens is 2. The van der Waals surface area contributed by atoms with Crippen molar-refractivity contribution in [2.75, 3.05) is 38.0 Å². The van der Waals surface area contributed by atoms with E-state index in [2.05, 4.69) is 5.32 Å². The number of carbonyl (C=O) groups is 2. The highest BCUT2D eigenvalue weighted by Gasteiger charge is 2.26. The summed E-state index contributed by atoms with van der Waals surface area (Å²) in [5.41, 5.74) is 3.53.